The molecule has 0 atom stereocenters. The molecule has 2 heterocycles. The number of methoxy groups -OCH3 is 1. The highest BCUT2D eigenvalue weighted by Crippen LogP contribution is 2.33. The lowest BCUT2D eigenvalue weighted by Gasteiger charge is -2.03. The Balaban J connectivity index is 0.00000225. The van der Waals surface area contributed by atoms with Crippen molar-refractivity contribution in [3.8, 4) is 11.3 Å². The fourth-order valence-corrected chi connectivity index (χ4v) is 4.14. The highest BCUT2D eigenvalue weighted by atomic mass is 79.9. The molecule has 0 aliphatic heterocycles. The topological polar surface area (TPSA) is 34.1 Å². The predicted octanol–water partition coefficient (Wildman–Crippen LogP) is 6.00. The summed E-state index contributed by atoms with van der Waals surface area (Å²) in [6.07, 6.45) is 0. The standard InChI is InChI=1S/C18H18N2OS3.BrH/c1-11-4-6-13(7-5-11)9-19-18-20-15(10-23-18)14-8-16(17(22)21-3)24-12(14)2;/h4-8,10H,9H2,1-3H3,(H,19,20);1H. The van der Waals surface area contributed by atoms with Crippen molar-refractivity contribution < 1.29 is 4.74 Å². The maximum atomic E-state index is 5.21. The van der Waals surface area contributed by atoms with Crippen molar-refractivity contribution in [3.05, 3.63) is 56.6 Å². The maximum Gasteiger partial charge on any atom is 0.201 e. The molecule has 1 aromatic carbocycles. The quantitative estimate of drug-likeness (QED) is 0.479. The van der Waals surface area contributed by atoms with Crippen molar-refractivity contribution in [1.82, 2.24) is 4.98 Å². The van der Waals surface area contributed by atoms with Crippen molar-refractivity contribution in [3.63, 3.8) is 0 Å². The largest absolute Gasteiger partial charge is 0.486 e. The maximum absolute atomic E-state index is 5.21. The van der Waals surface area contributed by atoms with Gasteiger partial charge in [0.05, 0.1) is 17.7 Å². The van der Waals surface area contributed by atoms with E-state index in [0.29, 0.717) is 5.05 Å². The van der Waals surface area contributed by atoms with Crippen LogP contribution in [0, 0.1) is 13.8 Å². The summed E-state index contributed by atoms with van der Waals surface area (Å²) in [6.45, 7) is 4.95. The molecule has 0 fully saturated rings. The van der Waals surface area contributed by atoms with Crippen LogP contribution in [0.5, 0.6) is 0 Å². The predicted molar refractivity (Wildman–Crippen MR) is 118 cm³/mol. The lowest BCUT2D eigenvalue weighted by molar-refractivity contribution is 0.417. The van der Waals surface area contributed by atoms with Crippen molar-refractivity contribution in [1.29, 1.82) is 0 Å². The number of nitrogens with one attached hydrogen (secondary N) is 1. The molecule has 0 bridgehead atoms. The van der Waals surface area contributed by atoms with Gasteiger partial charge in [-0.1, -0.05) is 29.8 Å². The molecular formula is C18H19BrN2OS3. The monoisotopic (exact) mass is 454 g/mol. The Bertz CT molecular complexity index is 856. The molecule has 0 saturated carbocycles. The van der Waals surface area contributed by atoms with Crippen LogP contribution in [0.15, 0.2) is 35.7 Å². The molecule has 0 spiro atoms. The number of halogens is 1. The van der Waals surface area contributed by atoms with E-state index < -0.39 is 0 Å². The van der Waals surface area contributed by atoms with Crippen LogP contribution >= 0.6 is 51.9 Å². The number of hydrogen-bond acceptors (Lipinski definition) is 6. The number of thiophene rings is 1. The number of nitrogens with zero attached hydrogens (tertiary/aromatic N) is 1. The van der Waals surface area contributed by atoms with Gasteiger partial charge in [-0.2, -0.15) is 0 Å². The van der Waals surface area contributed by atoms with Gasteiger partial charge >= 0.3 is 0 Å². The lowest BCUT2D eigenvalue weighted by Crippen LogP contribution is -1.98. The molecule has 0 radical (unpaired) electrons. The molecule has 2 aromatic heterocycles. The second kappa shape index (κ2) is 8.89. The smallest absolute Gasteiger partial charge is 0.201 e. The van der Waals surface area contributed by atoms with E-state index in [1.54, 1.807) is 29.8 Å². The second-order valence-corrected chi connectivity index (χ2v) is 7.93. The van der Waals surface area contributed by atoms with Crippen LogP contribution in [-0.4, -0.2) is 17.1 Å². The van der Waals surface area contributed by atoms with Gasteiger partial charge in [0, 0.05) is 22.4 Å². The zero-order valence-corrected chi connectivity index (χ0v) is 18.3. The second-order valence-electron chi connectivity index (χ2n) is 5.45. The number of rotatable bonds is 5. The van der Waals surface area contributed by atoms with E-state index in [1.165, 1.54) is 16.0 Å². The van der Waals surface area contributed by atoms with Gasteiger partial charge < -0.3 is 10.1 Å². The summed E-state index contributed by atoms with van der Waals surface area (Å²) in [6, 6.07) is 10.6. The zero-order chi connectivity index (χ0) is 17.1. The minimum absolute atomic E-state index is 0. The summed E-state index contributed by atoms with van der Waals surface area (Å²) in [7, 11) is 1.60. The summed E-state index contributed by atoms with van der Waals surface area (Å²) in [5.41, 5.74) is 4.61. The van der Waals surface area contributed by atoms with Gasteiger partial charge in [0.25, 0.3) is 0 Å². The Kier molecular flexibility index (Phi) is 7.13. The molecule has 0 unspecified atom stereocenters. The summed E-state index contributed by atoms with van der Waals surface area (Å²) < 4.78 is 5.15. The normalized spacial score (nSPS) is 10.2. The van der Waals surface area contributed by atoms with Crippen LogP contribution in [0.2, 0.25) is 0 Å². The zero-order valence-electron chi connectivity index (χ0n) is 14.2. The first kappa shape index (κ1) is 20.0. The van der Waals surface area contributed by atoms with Crippen LogP contribution in [0.3, 0.4) is 0 Å². The van der Waals surface area contributed by atoms with Crippen LogP contribution in [0.1, 0.15) is 20.9 Å². The van der Waals surface area contributed by atoms with Crippen LogP contribution in [0.25, 0.3) is 11.3 Å². The Labute approximate surface area is 171 Å². The molecule has 0 saturated heterocycles. The summed E-state index contributed by atoms with van der Waals surface area (Å²) >= 11 is 8.47. The Morgan fingerprint density at radius 3 is 2.64 bits per heavy atom. The van der Waals surface area contributed by atoms with E-state index >= 15 is 0 Å². The van der Waals surface area contributed by atoms with E-state index in [-0.39, 0.29) is 17.0 Å². The van der Waals surface area contributed by atoms with Gasteiger partial charge in [0.2, 0.25) is 5.05 Å². The van der Waals surface area contributed by atoms with Crippen molar-refractivity contribution in [2.45, 2.75) is 20.4 Å². The van der Waals surface area contributed by atoms with E-state index in [1.807, 2.05) is 0 Å². The molecule has 132 valence electrons. The molecule has 0 amide bonds. The van der Waals surface area contributed by atoms with E-state index in [9.17, 15) is 0 Å². The van der Waals surface area contributed by atoms with Gasteiger partial charge in [-0.3, -0.25) is 0 Å². The number of ether oxygens (including phenoxy) is 1. The Hall–Kier alpha value is -1.28. The lowest BCUT2D eigenvalue weighted by atomic mass is 10.1. The molecule has 1 N–H and O–H groups in total. The molecule has 7 heteroatoms. The Morgan fingerprint density at radius 1 is 1.24 bits per heavy atom. The molecular weight excluding hydrogens is 436 g/mol. The molecule has 25 heavy (non-hydrogen) atoms. The Morgan fingerprint density at radius 2 is 1.96 bits per heavy atom. The van der Waals surface area contributed by atoms with E-state index in [4.69, 9.17) is 21.9 Å². The van der Waals surface area contributed by atoms with Gasteiger partial charge in [0.15, 0.2) is 5.13 Å². The van der Waals surface area contributed by atoms with Crippen LogP contribution < -0.4 is 5.32 Å². The first-order chi connectivity index (χ1) is 11.6. The average Bonchev–Trinajstić information content (AvgIpc) is 3.20. The summed E-state index contributed by atoms with van der Waals surface area (Å²) in [5.74, 6) is 0. The number of aromatic nitrogens is 1. The van der Waals surface area contributed by atoms with E-state index in [0.717, 1.165) is 27.8 Å². The van der Waals surface area contributed by atoms with Crippen LogP contribution in [-0.2, 0) is 11.3 Å². The fraction of sp³-hybridized carbons (Fsp3) is 0.222. The number of thiazole rings is 1. The van der Waals surface area contributed by atoms with Crippen LogP contribution in [0.4, 0.5) is 5.13 Å². The highest BCUT2D eigenvalue weighted by molar-refractivity contribution is 8.93. The van der Waals surface area contributed by atoms with E-state index in [2.05, 4.69) is 54.9 Å². The molecule has 0 aliphatic carbocycles. The first-order valence-electron chi connectivity index (χ1n) is 7.51. The molecule has 3 nitrogen and oxygen atoms in total. The minimum atomic E-state index is 0. The number of thiocarbonyl (C=S) groups is 1. The van der Waals surface area contributed by atoms with Crippen molar-refractivity contribution in [2.75, 3.05) is 12.4 Å². The van der Waals surface area contributed by atoms with Crippen molar-refractivity contribution in [2.24, 2.45) is 0 Å². The third-order valence-electron chi connectivity index (χ3n) is 3.65. The number of hydrogen-bond donors (Lipinski definition) is 1. The number of anilines is 1. The van der Waals surface area contributed by atoms with Gasteiger partial charge in [0.1, 0.15) is 0 Å². The fourth-order valence-electron chi connectivity index (χ4n) is 2.30. The van der Waals surface area contributed by atoms with Gasteiger partial charge in [-0.15, -0.1) is 39.7 Å². The average molecular weight is 455 g/mol. The SMILES string of the molecule is Br.COC(=S)c1cc(-c2csc(NCc3ccc(C)cc3)n2)c(C)s1. The number of aryl methyl sites for hydroxylation is 2. The third-order valence-corrected chi connectivity index (χ3v) is 6.01. The minimum Gasteiger partial charge on any atom is -0.486 e. The third kappa shape index (κ3) is 4.88. The van der Waals surface area contributed by atoms with Crippen molar-refractivity contribution >= 4 is 62.1 Å². The summed E-state index contributed by atoms with van der Waals surface area (Å²) in [4.78, 5) is 6.87. The summed E-state index contributed by atoms with van der Waals surface area (Å²) in [5, 5.41) is 6.92. The molecule has 3 rings (SSSR count). The van der Waals surface area contributed by atoms with Gasteiger partial charge in [-0.05, 0) is 37.7 Å². The first-order valence-corrected chi connectivity index (χ1v) is 9.61. The number of benzene rings is 1. The highest BCUT2D eigenvalue weighted by Gasteiger charge is 2.14. The van der Waals surface area contributed by atoms with Gasteiger partial charge in [-0.25, -0.2) is 4.98 Å². The molecule has 3 aromatic rings. The molecule has 0 aliphatic rings.